The van der Waals surface area contributed by atoms with Crippen molar-refractivity contribution in [3.8, 4) is 0 Å². The summed E-state index contributed by atoms with van der Waals surface area (Å²) in [6.07, 6.45) is 21.9. The summed E-state index contributed by atoms with van der Waals surface area (Å²) < 4.78 is 0. The molecule has 0 aromatic heterocycles. The van der Waals surface area contributed by atoms with Crippen LogP contribution in [0.5, 0.6) is 0 Å². The third kappa shape index (κ3) is 15.1. The van der Waals surface area contributed by atoms with Crippen LogP contribution < -0.4 is 0 Å². The average molecular weight is 264 g/mol. The normalized spacial score (nSPS) is 13.4. The minimum atomic E-state index is 0.674. The fourth-order valence-corrected chi connectivity index (χ4v) is 2.05. The van der Waals surface area contributed by atoms with Crippen molar-refractivity contribution < 1.29 is 4.79 Å². The zero-order chi connectivity index (χ0) is 14.2. The molecule has 110 valence electrons. The molecule has 0 rings (SSSR count). The molecule has 0 fully saturated rings. The molecule has 1 nitrogen and oxygen atoms in total. The Morgan fingerprint density at radius 2 is 1.37 bits per heavy atom. The fourth-order valence-electron chi connectivity index (χ4n) is 2.05. The number of carbonyl (C=O) groups excluding carboxylic acids is 1. The van der Waals surface area contributed by atoms with Crippen molar-refractivity contribution in [2.45, 2.75) is 78.1 Å². The predicted octanol–water partition coefficient (Wildman–Crippen LogP) is 5.85. The maximum atomic E-state index is 10.2. The van der Waals surface area contributed by atoms with Gasteiger partial charge in [0.25, 0.3) is 0 Å². The van der Waals surface area contributed by atoms with Gasteiger partial charge in [-0.1, -0.05) is 51.0 Å². The summed E-state index contributed by atoms with van der Waals surface area (Å²) in [6.45, 7) is 4.48. The van der Waals surface area contributed by atoms with Crippen LogP contribution in [0.25, 0.3) is 0 Å². The van der Waals surface area contributed by atoms with Crippen molar-refractivity contribution in [2.24, 2.45) is 5.92 Å². The Bertz CT molecular complexity index is 240. The molecular weight excluding hydrogens is 232 g/mol. The number of rotatable bonds is 13. The molecular formula is C18H32O. The zero-order valence-corrected chi connectivity index (χ0v) is 12.9. The van der Waals surface area contributed by atoms with Gasteiger partial charge < -0.3 is 4.79 Å². The quantitative estimate of drug-likeness (QED) is 0.231. The van der Waals surface area contributed by atoms with E-state index >= 15 is 0 Å². The van der Waals surface area contributed by atoms with Crippen LogP contribution in [0, 0.1) is 5.92 Å². The van der Waals surface area contributed by atoms with Crippen LogP contribution in [0.15, 0.2) is 24.3 Å². The summed E-state index contributed by atoms with van der Waals surface area (Å²) in [5.74, 6) is 0.674. The second kappa shape index (κ2) is 15.2. The summed E-state index contributed by atoms with van der Waals surface area (Å²) in [6, 6.07) is 0. The Morgan fingerprint density at radius 3 is 2.00 bits per heavy atom. The molecule has 1 atom stereocenters. The molecule has 0 N–H and O–H groups in total. The number of unbranched alkanes of at least 4 members (excludes halogenated alkanes) is 4. The van der Waals surface area contributed by atoms with Gasteiger partial charge in [0.15, 0.2) is 0 Å². The molecule has 0 aliphatic carbocycles. The van der Waals surface area contributed by atoms with Crippen molar-refractivity contribution in [1.29, 1.82) is 0 Å². The van der Waals surface area contributed by atoms with Crippen LogP contribution >= 0.6 is 0 Å². The van der Waals surface area contributed by atoms with E-state index in [-0.39, 0.29) is 0 Å². The van der Waals surface area contributed by atoms with Crippen LogP contribution in [0.1, 0.15) is 78.1 Å². The smallest absolute Gasteiger partial charge is 0.120 e. The lowest BCUT2D eigenvalue weighted by molar-refractivity contribution is -0.108. The van der Waals surface area contributed by atoms with E-state index in [1.807, 2.05) is 0 Å². The first kappa shape index (κ1) is 18.1. The highest BCUT2D eigenvalue weighted by Gasteiger charge is 1.98. The second-order valence-corrected chi connectivity index (χ2v) is 5.44. The molecule has 19 heavy (non-hydrogen) atoms. The molecule has 0 saturated heterocycles. The second-order valence-electron chi connectivity index (χ2n) is 5.44. The van der Waals surface area contributed by atoms with Gasteiger partial charge in [0.1, 0.15) is 6.29 Å². The molecule has 0 aliphatic rings. The first-order valence-electron chi connectivity index (χ1n) is 8.04. The van der Waals surface area contributed by atoms with Crippen molar-refractivity contribution in [3.63, 3.8) is 0 Å². The number of aldehydes is 1. The minimum Gasteiger partial charge on any atom is -0.303 e. The number of hydrogen-bond donors (Lipinski definition) is 0. The Hall–Kier alpha value is -0.850. The highest BCUT2D eigenvalue weighted by molar-refractivity contribution is 5.49. The summed E-state index contributed by atoms with van der Waals surface area (Å²) >= 11 is 0. The maximum absolute atomic E-state index is 10.2. The molecule has 0 bridgehead atoms. The largest absolute Gasteiger partial charge is 0.303 e. The maximum Gasteiger partial charge on any atom is 0.120 e. The molecule has 0 amide bonds. The van der Waals surface area contributed by atoms with Gasteiger partial charge in [0.2, 0.25) is 0 Å². The standard InChI is InChI=1S/C18H32O/c1-3-4-5-6-7-8-9-10-11-12-13-15-18(2)16-14-17-19/h7-8,11-12,17-18H,3-6,9-10,13-16H2,1-2H3/b8-7-,12-11-/t18-/m0/s1. The van der Waals surface area contributed by atoms with Gasteiger partial charge in [0, 0.05) is 6.42 Å². The van der Waals surface area contributed by atoms with Crippen molar-refractivity contribution in [3.05, 3.63) is 24.3 Å². The molecule has 0 aromatic rings. The fraction of sp³-hybridized carbons (Fsp3) is 0.722. The number of hydrogen-bond acceptors (Lipinski definition) is 1. The third-order valence-corrected chi connectivity index (χ3v) is 3.41. The topological polar surface area (TPSA) is 17.1 Å². The van der Waals surface area contributed by atoms with Gasteiger partial charge in [-0.05, 0) is 50.9 Å². The van der Waals surface area contributed by atoms with Crippen LogP contribution in [0.3, 0.4) is 0 Å². The zero-order valence-electron chi connectivity index (χ0n) is 12.9. The summed E-state index contributed by atoms with van der Waals surface area (Å²) in [7, 11) is 0. The lowest BCUT2D eigenvalue weighted by Gasteiger charge is -2.06. The van der Waals surface area contributed by atoms with E-state index in [1.165, 1.54) is 38.5 Å². The molecule has 0 aromatic carbocycles. The summed E-state index contributed by atoms with van der Waals surface area (Å²) in [5.41, 5.74) is 0. The van der Waals surface area contributed by atoms with Crippen molar-refractivity contribution in [2.75, 3.05) is 0 Å². The lowest BCUT2D eigenvalue weighted by atomic mass is 10.00. The molecule has 0 spiro atoms. The van der Waals surface area contributed by atoms with E-state index in [1.54, 1.807) is 0 Å². The summed E-state index contributed by atoms with van der Waals surface area (Å²) in [4.78, 5) is 10.2. The minimum absolute atomic E-state index is 0.674. The van der Waals surface area contributed by atoms with E-state index < -0.39 is 0 Å². The first-order valence-corrected chi connectivity index (χ1v) is 8.04. The van der Waals surface area contributed by atoms with Gasteiger partial charge in [-0.2, -0.15) is 0 Å². The summed E-state index contributed by atoms with van der Waals surface area (Å²) in [5, 5.41) is 0. The molecule has 0 aliphatic heterocycles. The van der Waals surface area contributed by atoms with Crippen LogP contribution in [-0.4, -0.2) is 6.29 Å². The predicted molar refractivity (Wildman–Crippen MR) is 85.4 cm³/mol. The average Bonchev–Trinajstić information content (AvgIpc) is 2.42. The van der Waals surface area contributed by atoms with Gasteiger partial charge in [-0.3, -0.25) is 0 Å². The monoisotopic (exact) mass is 264 g/mol. The van der Waals surface area contributed by atoms with Crippen LogP contribution in [0.4, 0.5) is 0 Å². The Labute approximate surface area is 120 Å². The highest BCUT2D eigenvalue weighted by Crippen LogP contribution is 2.12. The number of allylic oxidation sites excluding steroid dienone is 4. The van der Waals surface area contributed by atoms with Crippen molar-refractivity contribution in [1.82, 2.24) is 0 Å². The van der Waals surface area contributed by atoms with Gasteiger partial charge in [-0.25, -0.2) is 0 Å². The van der Waals surface area contributed by atoms with Crippen molar-refractivity contribution >= 4 is 6.29 Å². The lowest BCUT2D eigenvalue weighted by Crippen LogP contribution is -1.93. The molecule has 0 saturated carbocycles. The van der Waals surface area contributed by atoms with Gasteiger partial charge in [-0.15, -0.1) is 0 Å². The van der Waals surface area contributed by atoms with Gasteiger partial charge >= 0.3 is 0 Å². The Morgan fingerprint density at radius 1 is 0.789 bits per heavy atom. The first-order chi connectivity index (χ1) is 9.31. The Balaban J connectivity index is 3.31. The van der Waals surface area contributed by atoms with Crippen LogP contribution in [-0.2, 0) is 4.79 Å². The SMILES string of the molecule is CCCCC/C=C\CC/C=C\CC[C@H](C)CCC=O. The van der Waals surface area contributed by atoms with E-state index in [0.29, 0.717) is 12.3 Å². The highest BCUT2D eigenvalue weighted by atomic mass is 16.1. The Kier molecular flexibility index (Phi) is 14.5. The van der Waals surface area contributed by atoms with Crippen LogP contribution in [0.2, 0.25) is 0 Å². The third-order valence-electron chi connectivity index (χ3n) is 3.41. The molecule has 1 heteroatoms. The van der Waals surface area contributed by atoms with E-state index in [4.69, 9.17) is 0 Å². The van der Waals surface area contributed by atoms with E-state index in [0.717, 1.165) is 25.5 Å². The van der Waals surface area contributed by atoms with Gasteiger partial charge in [0.05, 0.1) is 0 Å². The molecule has 0 heterocycles. The molecule has 0 radical (unpaired) electrons. The van der Waals surface area contributed by atoms with E-state index in [9.17, 15) is 4.79 Å². The number of carbonyl (C=O) groups is 1. The molecule has 0 unspecified atom stereocenters. The van der Waals surface area contributed by atoms with E-state index in [2.05, 4.69) is 38.2 Å².